The maximum absolute atomic E-state index is 14.9. The van der Waals surface area contributed by atoms with Crippen LogP contribution in [0.15, 0.2) is 53.4 Å². The Balaban J connectivity index is 1.04. The number of benzene rings is 1. The quantitative estimate of drug-likeness (QED) is 0.201. The smallest absolute Gasteiger partial charge is 0.231 e. The Kier molecular flexibility index (Phi) is 7.39. The van der Waals surface area contributed by atoms with Crippen LogP contribution in [0, 0.1) is 5.82 Å². The lowest BCUT2D eigenvalue weighted by Crippen LogP contribution is -2.47. The second-order valence-corrected chi connectivity index (χ2v) is 9.82. The molecule has 0 radical (unpaired) electrons. The number of nitrogen functional groups attached to an aromatic ring is 1. The summed E-state index contributed by atoms with van der Waals surface area (Å²) < 4.78 is 29.5. The molecule has 5 aromatic rings. The number of nitrogens with one attached hydrogen (secondary N) is 1. The van der Waals surface area contributed by atoms with Crippen molar-refractivity contribution >= 4 is 34.2 Å². The number of nitrogens with zero attached hydrogens (tertiary/aromatic N) is 7. The normalized spacial score (nSPS) is 14.3. The lowest BCUT2D eigenvalue weighted by molar-refractivity contribution is -0.117. The molecule has 0 spiro atoms. The highest BCUT2D eigenvalue weighted by atomic mass is 19.1. The number of furan rings is 1. The van der Waals surface area contributed by atoms with Crippen molar-refractivity contribution in [2.75, 3.05) is 63.1 Å². The monoisotopic (exact) mass is 562 g/mol. The van der Waals surface area contributed by atoms with E-state index >= 15 is 0 Å². The lowest BCUT2D eigenvalue weighted by atomic mass is 10.2. The number of carbonyl (C=O) groups excluding carboxylic acids is 1. The maximum Gasteiger partial charge on any atom is 0.231 e. The van der Waals surface area contributed by atoms with E-state index in [0.717, 1.165) is 30.7 Å². The van der Waals surface area contributed by atoms with Crippen LogP contribution in [0.25, 0.3) is 28.1 Å². The Labute approximate surface area is 234 Å². The Morgan fingerprint density at radius 3 is 2.76 bits per heavy atom. The summed E-state index contributed by atoms with van der Waals surface area (Å²) in [5.74, 6) is 0.609. The zero-order valence-corrected chi connectivity index (χ0v) is 22.4. The second kappa shape index (κ2) is 11.4. The van der Waals surface area contributed by atoms with Gasteiger partial charge in [0.1, 0.15) is 34.9 Å². The maximum atomic E-state index is 14.9. The third-order valence-electron chi connectivity index (χ3n) is 7.11. The summed E-state index contributed by atoms with van der Waals surface area (Å²) >= 11 is 0. The van der Waals surface area contributed by atoms with Crippen LogP contribution in [-0.4, -0.2) is 87.4 Å². The van der Waals surface area contributed by atoms with Crippen LogP contribution in [0.3, 0.4) is 0 Å². The van der Waals surface area contributed by atoms with Crippen LogP contribution in [0.4, 0.5) is 16.0 Å². The number of carbonyl (C=O) groups is 1. The van der Waals surface area contributed by atoms with Crippen molar-refractivity contribution in [1.29, 1.82) is 0 Å². The highest BCUT2D eigenvalue weighted by Crippen LogP contribution is 2.27. The summed E-state index contributed by atoms with van der Waals surface area (Å²) in [6.07, 6.45) is 3.38. The van der Waals surface area contributed by atoms with Gasteiger partial charge in [-0.05, 0) is 30.3 Å². The highest BCUT2D eigenvalue weighted by Gasteiger charge is 2.21. The van der Waals surface area contributed by atoms with Gasteiger partial charge in [-0.3, -0.25) is 9.69 Å². The van der Waals surface area contributed by atoms with Gasteiger partial charge in [0.05, 0.1) is 24.8 Å². The summed E-state index contributed by atoms with van der Waals surface area (Å²) in [5, 5.41) is 7.38. The molecule has 14 heteroatoms. The zero-order valence-electron chi connectivity index (χ0n) is 22.4. The molecule has 6 rings (SSSR count). The molecule has 0 saturated carbocycles. The molecule has 5 heterocycles. The first-order valence-electron chi connectivity index (χ1n) is 13.4. The molecule has 5 N–H and O–H groups in total. The predicted molar refractivity (Wildman–Crippen MR) is 151 cm³/mol. The van der Waals surface area contributed by atoms with E-state index < -0.39 is 5.91 Å². The SMILES string of the molecule is NC(=O)CNCCOc1ccc(N2CCN(CCn3cnc4c3nc(N)n3nc(-c5ccco5)cc43)CC2)c(F)c1. The minimum absolute atomic E-state index is 0.0794. The average molecular weight is 563 g/mol. The summed E-state index contributed by atoms with van der Waals surface area (Å²) in [5.41, 5.74) is 14.7. The van der Waals surface area contributed by atoms with E-state index in [0.29, 0.717) is 61.3 Å². The number of hydrogen-bond donors (Lipinski definition) is 3. The lowest BCUT2D eigenvalue weighted by Gasteiger charge is -2.36. The summed E-state index contributed by atoms with van der Waals surface area (Å²) in [6, 6.07) is 10.5. The molecule has 0 atom stereocenters. The van der Waals surface area contributed by atoms with E-state index in [2.05, 4.69) is 25.3 Å². The van der Waals surface area contributed by atoms with Crippen molar-refractivity contribution in [3.8, 4) is 17.2 Å². The van der Waals surface area contributed by atoms with E-state index in [9.17, 15) is 9.18 Å². The Hall–Kier alpha value is -4.69. The third-order valence-corrected chi connectivity index (χ3v) is 7.11. The minimum atomic E-state index is -0.435. The van der Waals surface area contributed by atoms with Gasteiger partial charge in [0.15, 0.2) is 11.4 Å². The first-order chi connectivity index (χ1) is 20.0. The van der Waals surface area contributed by atoms with E-state index in [1.54, 1.807) is 29.2 Å². The first-order valence-corrected chi connectivity index (χ1v) is 13.4. The van der Waals surface area contributed by atoms with Crippen LogP contribution >= 0.6 is 0 Å². The molecule has 0 unspecified atom stereocenters. The summed E-state index contributed by atoms with van der Waals surface area (Å²) in [6.45, 7) is 5.30. The molecule has 13 nitrogen and oxygen atoms in total. The molecule has 1 aliphatic heterocycles. The van der Waals surface area contributed by atoms with Gasteiger partial charge in [-0.25, -0.2) is 9.37 Å². The molecular weight excluding hydrogens is 531 g/mol. The van der Waals surface area contributed by atoms with E-state index in [4.69, 9.17) is 20.6 Å². The first kappa shape index (κ1) is 26.5. The molecule has 1 saturated heterocycles. The molecular formula is C27H31FN10O3. The molecule has 1 amide bonds. The number of amides is 1. The van der Waals surface area contributed by atoms with Crippen LogP contribution in [0.5, 0.6) is 5.75 Å². The Morgan fingerprint density at radius 1 is 1.15 bits per heavy atom. The number of nitrogens with two attached hydrogens (primary N) is 2. The van der Waals surface area contributed by atoms with Gasteiger partial charge in [0.25, 0.3) is 0 Å². The van der Waals surface area contributed by atoms with Crippen molar-refractivity contribution in [2.45, 2.75) is 6.54 Å². The topological polar surface area (TPSA) is 158 Å². The Bertz CT molecular complexity index is 1660. The van der Waals surface area contributed by atoms with Crippen LogP contribution in [0.2, 0.25) is 0 Å². The van der Waals surface area contributed by atoms with Crippen molar-refractivity contribution < 1.29 is 18.3 Å². The van der Waals surface area contributed by atoms with E-state index in [-0.39, 0.29) is 18.3 Å². The minimum Gasteiger partial charge on any atom is -0.492 e. The van der Waals surface area contributed by atoms with Gasteiger partial charge in [-0.2, -0.15) is 14.6 Å². The van der Waals surface area contributed by atoms with Gasteiger partial charge in [-0.1, -0.05) is 0 Å². The number of hydrogen-bond acceptors (Lipinski definition) is 10. The van der Waals surface area contributed by atoms with Crippen LogP contribution in [0.1, 0.15) is 0 Å². The number of fused-ring (bicyclic) bond motifs is 3. The molecule has 1 aromatic carbocycles. The number of primary amides is 1. The van der Waals surface area contributed by atoms with Gasteiger partial charge in [0, 0.05) is 51.9 Å². The molecule has 214 valence electrons. The predicted octanol–water partition coefficient (Wildman–Crippen LogP) is 1.34. The van der Waals surface area contributed by atoms with Crippen molar-refractivity contribution in [1.82, 2.24) is 34.4 Å². The fourth-order valence-corrected chi connectivity index (χ4v) is 5.01. The zero-order chi connectivity index (χ0) is 28.3. The highest BCUT2D eigenvalue weighted by molar-refractivity contribution is 5.90. The van der Waals surface area contributed by atoms with Crippen LogP contribution < -0.4 is 26.4 Å². The summed E-state index contributed by atoms with van der Waals surface area (Å²) in [7, 11) is 0. The number of anilines is 2. The summed E-state index contributed by atoms with van der Waals surface area (Å²) in [4.78, 5) is 24.3. The van der Waals surface area contributed by atoms with Gasteiger partial charge in [-0.15, -0.1) is 0 Å². The van der Waals surface area contributed by atoms with Crippen molar-refractivity contribution in [2.24, 2.45) is 5.73 Å². The number of halogens is 1. The van der Waals surface area contributed by atoms with E-state index in [1.807, 2.05) is 27.7 Å². The van der Waals surface area contributed by atoms with Crippen LogP contribution in [-0.2, 0) is 11.3 Å². The van der Waals surface area contributed by atoms with Crippen molar-refractivity contribution in [3.05, 3.63) is 54.8 Å². The molecule has 0 aliphatic carbocycles. The third kappa shape index (κ3) is 5.64. The molecule has 1 aliphatic rings. The van der Waals surface area contributed by atoms with Gasteiger partial charge in [0.2, 0.25) is 11.9 Å². The number of aromatic nitrogens is 5. The Morgan fingerprint density at radius 2 is 2.00 bits per heavy atom. The number of rotatable bonds is 11. The standard InChI is InChI=1S/C27H31FN10O3/c28-19-14-18(40-13-5-31-16-24(29)39)3-4-21(19)36-9-6-35(7-10-36)8-11-37-17-32-25-22-15-20(23-2-1-12-41-23)34-38(22)27(30)33-26(25)37/h1-4,12,14-15,17,31H,5-11,13,16H2,(H2,29,39)(H2,30,33). The van der Waals surface area contributed by atoms with Gasteiger partial charge < -0.3 is 35.4 Å². The molecule has 4 aromatic heterocycles. The average Bonchev–Trinajstić information content (AvgIpc) is 3.72. The molecule has 0 bridgehead atoms. The molecule has 1 fully saturated rings. The number of piperazine rings is 1. The number of ether oxygens (including phenoxy) is 1. The molecule has 41 heavy (non-hydrogen) atoms. The largest absolute Gasteiger partial charge is 0.492 e. The fraction of sp³-hybridized carbons (Fsp3) is 0.333. The number of imidazole rings is 1. The fourth-order valence-electron chi connectivity index (χ4n) is 5.01. The van der Waals surface area contributed by atoms with E-state index in [1.165, 1.54) is 6.07 Å². The van der Waals surface area contributed by atoms with Gasteiger partial charge >= 0.3 is 0 Å². The second-order valence-electron chi connectivity index (χ2n) is 9.82. The van der Waals surface area contributed by atoms with Crippen molar-refractivity contribution in [3.63, 3.8) is 0 Å².